The highest BCUT2D eigenvalue weighted by Crippen LogP contribution is 2.28. The zero-order valence-electron chi connectivity index (χ0n) is 12.4. The van der Waals surface area contributed by atoms with E-state index >= 15 is 0 Å². The molecule has 0 spiro atoms. The zero-order valence-corrected chi connectivity index (χ0v) is 12.4. The van der Waals surface area contributed by atoms with E-state index in [1.165, 1.54) is 19.3 Å². The Labute approximate surface area is 115 Å². The third-order valence-electron chi connectivity index (χ3n) is 3.86. The van der Waals surface area contributed by atoms with Crippen LogP contribution in [0.4, 0.5) is 6.01 Å². The van der Waals surface area contributed by atoms with Gasteiger partial charge in [-0.15, -0.1) is 5.10 Å². The second-order valence-corrected chi connectivity index (χ2v) is 5.43. The number of hydrogen-bond acceptors (Lipinski definition) is 5. The molecule has 2 rings (SSSR count). The molecule has 19 heavy (non-hydrogen) atoms. The number of anilines is 1. The first-order valence-corrected chi connectivity index (χ1v) is 7.56. The van der Waals surface area contributed by atoms with Crippen LogP contribution in [0.3, 0.4) is 0 Å². The summed E-state index contributed by atoms with van der Waals surface area (Å²) in [5.41, 5.74) is 0. The quantitative estimate of drug-likeness (QED) is 0.784. The van der Waals surface area contributed by atoms with Gasteiger partial charge in [0.1, 0.15) is 0 Å². The van der Waals surface area contributed by atoms with E-state index in [9.17, 15) is 0 Å². The fourth-order valence-electron chi connectivity index (χ4n) is 2.31. The predicted octanol–water partition coefficient (Wildman–Crippen LogP) is 2.76. The fourth-order valence-corrected chi connectivity index (χ4v) is 2.31. The minimum Gasteiger partial charge on any atom is -0.406 e. The van der Waals surface area contributed by atoms with Crippen molar-refractivity contribution in [3.8, 4) is 0 Å². The molecule has 1 unspecified atom stereocenters. The third kappa shape index (κ3) is 3.69. The van der Waals surface area contributed by atoms with E-state index in [4.69, 9.17) is 4.42 Å². The normalized spacial score (nSPS) is 17.2. The van der Waals surface area contributed by atoms with Crippen LogP contribution in [0.25, 0.3) is 0 Å². The standard InChI is InChI=1S/C14H26N4O/c1-4-9-15-11(3)13-16-17-14(19-13)18(5-2)10-12-7-6-8-12/h11-12,15H,4-10H2,1-3H3. The maximum absolute atomic E-state index is 5.81. The Bertz CT molecular complexity index is 375. The van der Waals surface area contributed by atoms with Gasteiger partial charge >= 0.3 is 6.01 Å². The summed E-state index contributed by atoms with van der Waals surface area (Å²) in [6.45, 7) is 9.30. The lowest BCUT2D eigenvalue weighted by atomic mass is 9.85. The minimum atomic E-state index is 0.128. The van der Waals surface area contributed by atoms with Crippen molar-refractivity contribution >= 4 is 6.01 Å². The zero-order chi connectivity index (χ0) is 13.7. The molecular weight excluding hydrogens is 240 g/mol. The van der Waals surface area contributed by atoms with Crippen LogP contribution in [-0.2, 0) is 0 Å². The van der Waals surface area contributed by atoms with Gasteiger partial charge in [0.15, 0.2) is 0 Å². The number of nitrogens with zero attached hydrogens (tertiary/aromatic N) is 3. The molecule has 0 radical (unpaired) electrons. The van der Waals surface area contributed by atoms with Gasteiger partial charge < -0.3 is 14.6 Å². The molecule has 1 saturated carbocycles. The van der Waals surface area contributed by atoms with Crippen molar-refractivity contribution in [2.75, 3.05) is 24.5 Å². The summed E-state index contributed by atoms with van der Waals surface area (Å²) in [5.74, 6) is 1.50. The first kappa shape index (κ1) is 14.3. The number of nitrogens with one attached hydrogen (secondary N) is 1. The fraction of sp³-hybridized carbons (Fsp3) is 0.857. The van der Waals surface area contributed by atoms with Crippen LogP contribution in [0.1, 0.15) is 58.4 Å². The Morgan fingerprint density at radius 1 is 1.37 bits per heavy atom. The molecule has 0 aromatic carbocycles. The smallest absolute Gasteiger partial charge is 0.318 e. The van der Waals surface area contributed by atoms with Crippen molar-refractivity contribution in [1.29, 1.82) is 0 Å². The van der Waals surface area contributed by atoms with Gasteiger partial charge in [0, 0.05) is 13.1 Å². The molecular formula is C14H26N4O. The van der Waals surface area contributed by atoms with Gasteiger partial charge in [0.05, 0.1) is 6.04 Å². The molecule has 1 aliphatic carbocycles. The number of aromatic nitrogens is 2. The summed E-state index contributed by atoms with van der Waals surface area (Å²) >= 11 is 0. The molecule has 1 aliphatic rings. The Balaban J connectivity index is 1.93. The highest BCUT2D eigenvalue weighted by atomic mass is 16.4. The first-order valence-electron chi connectivity index (χ1n) is 7.56. The van der Waals surface area contributed by atoms with Crippen molar-refractivity contribution in [1.82, 2.24) is 15.5 Å². The molecule has 1 aromatic heterocycles. The first-order chi connectivity index (χ1) is 9.24. The van der Waals surface area contributed by atoms with Gasteiger partial charge in [-0.05, 0) is 45.6 Å². The molecule has 0 aliphatic heterocycles. The lowest BCUT2D eigenvalue weighted by molar-refractivity contribution is 0.311. The largest absolute Gasteiger partial charge is 0.406 e. The predicted molar refractivity (Wildman–Crippen MR) is 76.2 cm³/mol. The monoisotopic (exact) mass is 266 g/mol. The van der Waals surface area contributed by atoms with E-state index in [1.54, 1.807) is 0 Å². The van der Waals surface area contributed by atoms with Gasteiger partial charge in [0.25, 0.3) is 0 Å². The third-order valence-corrected chi connectivity index (χ3v) is 3.86. The topological polar surface area (TPSA) is 54.2 Å². The van der Waals surface area contributed by atoms with E-state index in [0.29, 0.717) is 11.9 Å². The number of hydrogen-bond donors (Lipinski definition) is 1. The van der Waals surface area contributed by atoms with Crippen molar-refractivity contribution < 1.29 is 4.42 Å². The van der Waals surface area contributed by atoms with Crippen LogP contribution in [0.5, 0.6) is 0 Å². The van der Waals surface area contributed by atoms with Crippen molar-refractivity contribution in [2.24, 2.45) is 5.92 Å². The van der Waals surface area contributed by atoms with Gasteiger partial charge in [-0.1, -0.05) is 18.4 Å². The minimum absolute atomic E-state index is 0.128. The molecule has 0 saturated heterocycles. The van der Waals surface area contributed by atoms with Gasteiger partial charge in [-0.3, -0.25) is 0 Å². The maximum Gasteiger partial charge on any atom is 0.318 e. The molecule has 1 atom stereocenters. The van der Waals surface area contributed by atoms with Crippen LogP contribution >= 0.6 is 0 Å². The summed E-state index contributed by atoms with van der Waals surface area (Å²) in [4.78, 5) is 2.20. The Morgan fingerprint density at radius 2 is 2.16 bits per heavy atom. The van der Waals surface area contributed by atoms with E-state index < -0.39 is 0 Å². The van der Waals surface area contributed by atoms with Crippen molar-refractivity contribution in [3.05, 3.63) is 5.89 Å². The van der Waals surface area contributed by atoms with Gasteiger partial charge in [-0.25, -0.2) is 0 Å². The Hall–Kier alpha value is -1.10. The second-order valence-electron chi connectivity index (χ2n) is 5.43. The van der Waals surface area contributed by atoms with E-state index in [-0.39, 0.29) is 6.04 Å². The molecule has 108 valence electrons. The number of rotatable bonds is 8. The van der Waals surface area contributed by atoms with Gasteiger partial charge in [-0.2, -0.15) is 0 Å². The van der Waals surface area contributed by atoms with Crippen LogP contribution < -0.4 is 10.2 Å². The molecule has 0 bridgehead atoms. The van der Waals surface area contributed by atoms with Crippen LogP contribution in [-0.4, -0.2) is 29.8 Å². The summed E-state index contributed by atoms with van der Waals surface area (Å²) in [6.07, 6.45) is 5.15. The Kier molecular flexibility index (Phi) is 5.19. The summed E-state index contributed by atoms with van der Waals surface area (Å²) in [7, 11) is 0. The summed E-state index contributed by atoms with van der Waals surface area (Å²) < 4.78 is 5.81. The average Bonchev–Trinajstić information content (AvgIpc) is 2.84. The summed E-state index contributed by atoms with van der Waals surface area (Å²) in [6, 6.07) is 0.804. The lowest BCUT2D eigenvalue weighted by Gasteiger charge is -2.30. The second kappa shape index (κ2) is 6.89. The molecule has 1 N–H and O–H groups in total. The molecule has 1 aromatic rings. The average molecular weight is 266 g/mol. The van der Waals surface area contributed by atoms with E-state index in [2.05, 4.69) is 41.2 Å². The highest BCUT2D eigenvalue weighted by molar-refractivity contribution is 5.24. The van der Waals surface area contributed by atoms with E-state index in [1.807, 2.05) is 0 Å². The SMILES string of the molecule is CCCNC(C)c1nnc(N(CC)CC2CCC2)o1. The van der Waals surface area contributed by atoms with Crippen molar-refractivity contribution in [2.45, 2.75) is 52.5 Å². The van der Waals surface area contributed by atoms with Crippen LogP contribution in [0.2, 0.25) is 0 Å². The summed E-state index contributed by atoms with van der Waals surface area (Å²) in [5, 5.41) is 11.7. The Morgan fingerprint density at radius 3 is 2.74 bits per heavy atom. The maximum atomic E-state index is 5.81. The lowest BCUT2D eigenvalue weighted by Crippen LogP contribution is -2.32. The van der Waals surface area contributed by atoms with Crippen LogP contribution in [0.15, 0.2) is 4.42 Å². The molecule has 1 fully saturated rings. The highest BCUT2D eigenvalue weighted by Gasteiger charge is 2.23. The van der Waals surface area contributed by atoms with Crippen molar-refractivity contribution in [3.63, 3.8) is 0 Å². The molecule has 5 nitrogen and oxygen atoms in total. The van der Waals surface area contributed by atoms with E-state index in [0.717, 1.165) is 32.0 Å². The van der Waals surface area contributed by atoms with Gasteiger partial charge in [0.2, 0.25) is 5.89 Å². The molecule has 1 heterocycles. The molecule has 5 heteroatoms. The van der Waals surface area contributed by atoms with Crippen LogP contribution in [0, 0.1) is 5.92 Å². The molecule has 0 amide bonds.